The topological polar surface area (TPSA) is 15.7 Å². The van der Waals surface area contributed by atoms with E-state index in [1.165, 1.54) is 31.5 Å². The van der Waals surface area contributed by atoms with Gasteiger partial charge in [-0.2, -0.15) is 0 Å². The molecule has 0 radical (unpaired) electrons. The Morgan fingerprint density at radius 2 is 1.75 bits per heavy atom. The number of rotatable bonds is 3. The lowest BCUT2D eigenvalue weighted by molar-refractivity contribution is 0.0975. The molecular formula is C16H23ClN2O. The number of benzene rings is 1. The molecule has 2 heterocycles. The third-order valence-corrected chi connectivity index (χ3v) is 4.93. The molecule has 1 aromatic rings. The van der Waals surface area contributed by atoms with E-state index >= 15 is 0 Å². The molecule has 2 aliphatic heterocycles. The summed E-state index contributed by atoms with van der Waals surface area (Å²) in [6, 6.07) is 8.94. The van der Waals surface area contributed by atoms with Gasteiger partial charge in [0, 0.05) is 50.0 Å². The molecule has 1 atom stereocenters. The van der Waals surface area contributed by atoms with Crippen molar-refractivity contribution in [3.8, 4) is 0 Å². The van der Waals surface area contributed by atoms with Gasteiger partial charge >= 0.3 is 0 Å². The molecule has 2 saturated heterocycles. The first-order valence-electron chi connectivity index (χ1n) is 7.53. The maximum absolute atomic E-state index is 5.95. The Morgan fingerprint density at radius 3 is 2.35 bits per heavy atom. The fourth-order valence-electron chi connectivity index (χ4n) is 3.42. The van der Waals surface area contributed by atoms with E-state index < -0.39 is 0 Å². The van der Waals surface area contributed by atoms with Crippen LogP contribution in [0.1, 0.15) is 19.3 Å². The van der Waals surface area contributed by atoms with Gasteiger partial charge in [-0.1, -0.05) is 11.6 Å². The lowest BCUT2D eigenvalue weighted by Crippen LogP contribution is -2.44. The van der Waals surface area contributed by atoms with Gasteiger partial charge in [0.05, 0.1) is 6.10 Å². The zero-order valence-electron chi connectivity index (χ0n) is 12.1. The Balaban J connectivity index is 1.53. The first kappa shape index (κ1) is 14.2. The van der Waals surface area contributed by atoms with E-state index in [4.69, 9.17) is 16.3 Å². The van der Waals surface area contributed by atoms with Gasteiger partial charge in [0.15, 0.2) is 0 Å². The van der Waals surface area contributed by atoms with Crippen molar-refractivity contribution in [2.75, 3.05) is 38.2 Å². The monoisotopic (exact) mass is 294 g/mol. The van der Waals surface area contributed by atoms with Crippen LogP contribution < -0.4 is 4.90 Å². The molecule has 2 fully saturated rings. The van der Waals surface area contributed by atoms with E-state index in [9.17, 15) is 0 Å². The average molecular weight is 295 g/mol. The summed E-state index contributed by atoms with van der Waals surface area (Å²) >= 11 is 5.95. The van der Waals surface area contributed by atoms with Gasteiger partial charge in [0.2, 0.25) is 0 Å². The average Bonchev–Trinajstić information content (AvgIpc) is 2.97. The molecule has 110 valence electrons. The number of methoxy groups -OCH3 is 1. The highest BCUT2D eigenvalue weighted by atomic mass is 35.5. The summed E-state index contributed by atoms with van der Waals surface area (Å²) in [5, 5.41) is 0.811. The minimum atomic E-state index is 0.448. The maximum Gasteiger partial charge on any atom is 0.0710 e. The number of likely N-dealkylation sites (tertiary alicyclic amines) is 1. The Labute approximate surface area is 126 Å². The van der Waals surface area contributed by atoms with Crippen LogP contribution in [-0.2, 0) is 4.74 Å². The van der Waals surface area contributed by atoms with Crippen molar-refractivity contribution >= 4 is 17.3 Å². The largest absolute Gasteiger partial charge is 0.380 e. The van der Waals surface area contributed by atoms with Gasteiger partial charge < -0.3 is 9.64 Å². The van der Waals surface area contributed by atoms with Crippen LogP contribution in [0.3, 0.4) is 0 Å². The van der Waals surface area contributed by atoms with Gasteiger partial charge in [0.25, 0.3) is 0 Å². The molecule has 0 unspecified atom stereocenters. The smallest absolute Gasteiger partial charge is 0.0710 e. The van der Waals surface area contributed by atoms with Crippen molar-refractivity contribution in [3.63, 3.8) is 0 Å². The quantitative estimate of drug-likeness (QED) is 0.852. The van der Waals surface area contributed by atoms with Crippen molar-refractivity contribution in [3.05, 3.63) is 29.3 Å². The Morgan fingerprint density at radius 1 is 1.05 bits per heavy atom. The summed E-state index contributed by atoms with van der Waals surface area (Å²) in [6.07, 6.45) is 4.13. The van der Waals surface area contributed by atoms with Crippen LogP contribution in [0.5, 0.6) is 0 Å². The molecule has 4 heteroatoms. The summed E-state index contributed by atoms with van der Waals surface area (Å²) in [6.45, 7) is 4.59. The Hall–Kier alpha value is -0.770. The Bertz CT molecular complexity index is 429. The SMILES string of the molecule is CO[C@H]1CCN(C2CCN(c3ccc(Cl)cc3)CC2)C1. The highest BCUT2D eigenvalue weighted by molar-refractivity contribution is 6.30. The number of halogens is 1. The van der Waals surface area contributed by atoms with Crippen LogP contribution in [0.4, 0.5) is 5.69 Å². The number of ether oxygens (including phenoxy) is 1. The van der Waals surface area contributed by atoms with Crippen LogP contribution in [0.2, 0.25) is 5.02 Å². The second kappa shape index (κ2) is 6.33. The van der Waals surface area contributed by atoms with Crippen LogP contribution in [0, 0.1) is 0 Å². The maximum atomic E-state index is 5.95. The summed E-state index contributed by atoms with van der Waals surface area (Å²) in [7, 11) is 1.83. The molecule has 0 bridgehead atoms. The molecule has 2 aliphatic rings. The molecule has 3 nitrogen and oxygen atoms in total. The standard InChI is InChI=1S/C16H23ClN2O/c1-20-16-8-11-19(12-16)15-6-9-18(10-7-15)14-4-2-13(17)3-5-14/h2-5,15-16H,6-12H2,1H3/t16-/m0/s1. The molecule has 0 saturated carbocycles. The fourth-order valence-corrected chi connectivity index (χ4v) is 3.55. The summed E-state index contributed by atoms with van der Waals surface area (Å²) < 4.78 is 5.47. The van der Waals surface area contributed by atoms with Gasteiger partial charge in [-0.3, -0.25) is 4.90 Å². The van der Waals surface area contributed by atoms with Gasteiger partial charge in [-0.05, 0) is 43.5 Å². The van der Waals surface area contributed by atoms with Crippen molar-refractivity contribution < 1.29 is 4.74 Å². The minimum Gasteiger partial charge on any atom is -0.380 e. The van der Waals surface area contributed by atoms with Crippen molar-refractivity contribution in [1.82, 2.24) is 4.90 Å². The molecule has 20 heavy (non-hydrogen) atoms. The molecular weight excluding hydrogens is 272 g/mol. The van der Waals surface area contributed by atoms with Crippen LogP contribution in [0.25, 0.3) is 0 Å². The predicted octanol–water partition coefficient (Wildman–Crippen LogP) is 3.03. The summed E-state index contributed by atoms with van der Waals surface area (Å²) in [5.74, 6) is 0. The highest BCUT2D eigenvalue weighted by Crippen LogP contribution is 2.26. The van der Waals surface area contributed by atoms with E-state index in [1.54, 1.807) is 0 Å². The summed E-state index contributed by atoms with van der Waals surface area (Å²) in [4.78, 5) is 5.09. The first-order chi connectivity index (χ1) is 9.76. The lowest BCUT2D eigenvalue weighted by atomic mass is 10.0. The number of hydrogen-bond acceptors (Lipinski definition) is 3. The molecule has 1 aromatic carbocycles. The molecule has 0 amide bonds. The van der Waals surface area contributed by atoms with Gasteiger partial charge in [-0.25, -0.2) is 0 Å². The van der Waals surface area contributed by atoms with E-state index in [0.29, 0.717) is 6.10 Å². The summed E-state index contributed by atoms with van der Waals surface area (Å²) in [5.41, 5.74) is 1.30. The zero-order valence-corrected chi connectivity index (χ0v) is 12.9. The first-order valence-corrected chi connectivity index (χ1v) is 7.91. The van der Waals surface area contributed by atoms with E-state index in [-0.39, 0.29) is 0 Å². The molecule has 0 spiro atoms. The molecule has 0 N–H and O–H groups in total. The Kier molecular flexibility index (Phi) is 4.49. The van der Waals surface area contributed by atoms with Crippen LogP contribution in [0.15, 0.2) is 24.3 Å². The lowest BCUT2D eigenvalue weighted by Gasteiger charge is -2.37. The normalized spacial score (nSPS) is 25.3. The van der Waals surface area contributed by atoms with Crippen molar-refractivity contribution in [2.45, 2.75) is 31.4 Å². The second-order valence-corrected chi connectivity index (χ2v) is 6.27. The third-order valence-electron chi connectivity index (χ3n) is 4.68. The van der Waals surface area contributed by atoms with Gasteiger partial charge in [0.1, 0.15) is 0 Å². The number of anilines is 1. The van der Waals surface area contributed by atoms with Crippen LogP contribution >= 0.6 is 11.6 Å². The molecule has 0 aromatic heterocycles. The predicted molar refractivity (Wildman–Crippen MR) is 83.7 cm³/mol. The zero-order chi connectivity index (χ0) is 13.9. The number of nitrogens with zero attached hydrogens (tertiary/aromatic N) is 2. The number of hydrogen-bond donors (Lipinski definition) is 0. The fraction of sp³-hybridized carbons (Fsp3) is 0.625. The van der Waals surface area contributed by atoms with Crippen molar-refractivity contribution in [2.24, 2.45) is 0 Å². The highest BCUT2D eigenvalue weighted by Gasteiger charge is 2.30. The molecule has 3 rings (SSSR count). The van der Waals surface area contributed by atoms with Crippen molar-refractivity contribution in [1.29, 1.82) is 0 Å². The third kappa shape index (κ3) is 3.11. The number of piperidine rings is 1. The van der Waals surface area contributed by atoms with E-state index in [1.807, 2.05) is 19.2 Å². The van der Waals surface area contributed by atoms with Crippen LogP contribution in [-0.4, -0.2) is 50.3 Å². The minimum absolute atomic E-state index is 0.448. The van der Waals surface area contributed by atoms with E-state index in [0.717, 1.165) is 30.7 Å². The second-order valence-electron chi connectivity index (χ2n) is 5.84. The van der Waals surface area contributed by atoms with E-state index in [2.05, 4.69) is 21.9 Å². The molecule has 0 aliphatic carbocycles. The van der Waals surface area contributed by atoms with Gasteiger partial charge in [-0.15, -0.1) is 0 Å².